The second-order valence-electron chi connectivity index (χ2n) is 5.54. The first kappa shape index (κ1) is 9.47. The Kier molecular flexibility index (Phi) is 2.37. The lowest BCUT2D eigenvalue weighted by Crippen LogP contribution is -2.51. The zero-order valence-electron chi connectivity index (χ0n) is 8.71. The number of hydrogen-bond acceptors (Lipinski definition) is 2. The molecular weight excluding hydrogens is 162 g/mol. The van der Waals surface area contributed by atoms with Gasteiger partial charge in [0.15, 0.2) is 0 Å². The molecule has 2 heteroatoms. The highest BCUT2D eigenvalue weighted by atomic mass is 16.3. The summed E-state index contributed by atoms with van der Waals surface area (Å²) in [5.41, 5.74) is 0.543. The fourth-order valence-electron chi connectivity index (χ4n) is 2.83. The maximum absolute atomic E-state index is 9.63. The minimum atomic E-state index is -0.0799. The van der Waals surface area contributed by atoms with Crippen LogP contribution in [-0.2, 0) is 0 Å². The summed E-state index contributed by atoms with van der Waals surface area (Å²) in [6, 6.07) is 1.06. The predicted molar refractivity (Wildman–Crippen MR) is 53.6 cm³/mol. The van der Waals surface area contributed by atoms with Crippen molar-refractivity contribution in [3.8, 4) is 0 Å². The van der Waals surface area contributed by atoms with Gasteiger partial charge in [-0.25, -0.2) is 0 Å². The molecule has 0 aromatic rings. The summed E-state index contributed by atoms with van der Waals surface area (Å²) in [5, 5.41) is 13.2. The van der Waals surface area contributed by atoms with Crippen LogP contribution in [0, 0.1) is 5.41 Å². The van der Waals surface area contributed by atoms with E-state index in [1.165, 1.54) is 19.3 Å². The maximum atomic E-state index is 9.63. The summed E-state index contributed by atoms with van der Waals surface area (Å²) in [6.45, 7) is 4.63. The Morgan fingerprint density at radius 3 is 2.38 bits per heavy atom. The SMILES string of the molecule is CC1(C)CC(NC2CCCC2O)C1. The number of aliphatic hydroxyl groups is 1. The van der Waals surface area contributed by atoms with Gasteiger partial charge < -0.3 is 10.4 Å². The number of aliphatic hydroxyl groups excluding tert-OH is 1. The zero-order valence-corrected chi connectivity index (χ0v) is 8.71. The van der Waals surface area contributed by atoms with Gasteiger partial charge in [-0.3, -0.25) is 0 Å². The molecule has 0 radical (unpaired) electrons. The molecule has 2 nitrogen and oxygen atoms in total. The van der Waals surface area contributed by atoms with Gasteiger partial charge >= 0.3 is 0 Å². The van der Waals surface area contributed by atoms with Crippen LogP contribution < -0.4 is 5.32 Å². The van der Waals surface area contributed by atoms with E-state index in [4.69, 9.17) is 0 Å². The van der Waals surface area contributed by atoms with Gasteiger partial charge in [0.1, 0.15) is 0 Å². The van der Waals surface area contributed by atoms with Crippen molar-refractivity contribution in [1.29, 1.82) is 0 Å². The highest BCUT2D eigenvalue weighted by Crippen LogP contribution is 2.40. The molecule has 0 bridgehead atoms. The number of nitrogens with one attached hydrogen (secondary N) is 1. The summed E-state index contributed by atoms with van der Waals surface area (Å²) in [7, 11) is 0. The van der Waals surface area contributed by atoms with E-state index in [1.807, 2.05) is 0 Å². The summed E-state index contributed by atoms with van der Waals surface area (Å²) in [6.07, 6.45) is 5.82. The van der Waals surface area contributed by atoms with Crippen LogP contribution in [0.3, 0.4) is 0 Å². The van der Waals surface area contributed by atoms with Crippen LogP contribution >= 0.6 is 0 Å². The van der Waals surface area contributed by atoms with Crippen LogP contribution in [0.15, 0.2) is 0 Å². The van der Waals surface area contributed by atoms with Crippen molar-refractivity contribution in [2.24, 2.45) is 5.41 Å². The third-order valence-corrected chi connectivity index (χ3v) is 3.53. The Bertz CT molecular complexity index is 183. The summed E-state index contributed by atoms with van der Waals surface area (Å²) in [5.74, 6) is 0. The van der Waals surface area contributed by atoms with Crippen LogP contribution in [0.25, 0.3) is 0 Å². The van der Waals surface area contributed by atoms with Gasteiger partial charge in [0.05, 0.1) is 6.10 Å². The monoisotopic (exact) mass is 183 g/mol. The number of rotatable bonds is 2. The molecule has 0 amide bonds. The molecule has 76 valence electrons. The van der Waals surface area contributed by atoms with Crippen LogP contribution in [0.5, 0.6) is 0 Å². The fraction of sp³-hybridized carbons (Fsp3) is 1.00. The third kappa shape index (κ3) is 2.05. The maximum Gasteiger partial charge on any atom is 0.0693 e. The van der Waals surface area contributed by atoms with Gasteiger partial charge in [0.25, 0.3) is 0 Å². The first-order valence-electron chi connectivity index (χ1n) is 5.51. The van der Waals surface area contributed by atoms with E-state index in [0.717, 1.165) is 12.8 Å². The molecule has 2 aliphatic rings. The molecule has 2 atom stereocenters. The number of hydrogen-bond donors (Lipinski definition) is 2. The molecule has 2 unspecified atom stereocenters. The predicted octanol–water partition coefficient (Wildman–Crippen LogP) is 1.68. The van der Waals surface area contributed by atoms with E-state index in [2.05, 4.69) is 19.2 Å². The molecule has 2 fully saturated rings. The summed E-state index contributed by atoms with van der Waals surface area (Å²) >= 11 is 0. The molecule has 0 aromatic heterocycles. The molecule has 0 heterocycles. The average molecular weight is 183 g/mol. The largest absolute Gasteiger partial charge is 0.392 e. The van der Waals surface area contributed by atoms with E-state index in [9.17, 15) is 5.11 Å². The lowest BCUT2D eigenvalue weighted by atomic mass is 9.68. The molecule has 2 N–H and O–H groups in total. The molecule has 13 heavy (non-hydrogen) atoms. The average Bonchev–Trinajstić information content (AvgIpc) is 2.33. The van der Waals surface area contributed by atoms with E-state index in [0.29, 0.717) is 17.5 Å². The zero-order chi connectivity index (χ0) is 9.47. The molecule has 0 saturated heterocycles. The van der Waals surface area contributed by atoms with Crippen molar-refractivity contribution in [2.75, 3.05) is 0 Å². The van der Waals surface area contributed by atoms with Crippen molar-refractivity contribution in [3.05, 3.63) is 0 Å². The Balaban J connectivity index is 1.74. The Morgan fingerprint density at radius 2 is 1.92 bits per heavy atom. The van der Waals surface area contributed by atoms with Crippen LogP contribution in [0.2, 0.25) is 0 Å². The lowest BCUT2D eigenvalue weighted by molar-refractivity contribution is 0.0837. The molecule has 2 aliphatic carbocycles. The van der Waals surface area contributed by atoms with E-state index >= 15 is 0 Å². The van der Waals surface area contributed by atoms with E-state index in [1.54, 1.807) is 0 Å². The van der Waals surface area contributed by atoms with E-state index in [-0.39, 0.29) is 6.10 Å². The van der Waals surface area contributed by atoms with Crippen molar-refractivity contribution in [2.45, 2.75) is 64.1 Å². The van der Waals surface area contributed by atoms with E-state index < -0.39 is 0 Å². The fourth-order valence-corrected chi connectivity index (χ4v) is 2.83. The van der Waals surface area contributed by atoms with Crippen molar-refractivity contribution < 1.29 is 5.11 Å². The second-order valence-corrected chi connectivity index (χ2v) is 5.54. The van der Waals surface area contributed by atoms with Crippen molar-refractivity contribution >= 4 is 0 Å². The van der Waals surface area contributed by atoms with Gasteiger partial charge in [0.2, 0.25) is 0 Å². The molecule has 2 saturated carbocycles. The van der Waals surface area contributed by atoms with Crippen LogP contribution in [-0.4, -0.2) is 23.3 Å². The molecule has 0 aliphatic heterocycles. The van der Waals surface area contributed by atoms with Gasteiger partial charge in [-0.05, 0) is 37.5 Å². The summed E-state index contributed by atoms with van der Waals surface area (Å²) in [4.78, 5) is 0. The van der Waals surface area contributed by atoms with Gasteiger partial charge in [-0.1, -0.05) is 13.8 Å². The standard InChI is InChI=1S/C11H21NO/c1-11(2)6-8(7-11)12-9-4-3-5-10(9)13/h8-10,12-13H,3-7H2,1-2H3. The highest BCUT2D eigenvalue weighted by Gasteiger charge is 2.38. The Labute approximate surface area is 80.7 Å². The minimum Gasteiger partial charge on any atom is -0.392 e. The van der Waals surface area contributed by atoms with Gasteiger partial charge in [0, 0.05) is 12.1 Å². The van der Waals surface area contributed by atoms with Crippen LogP contribution in [0.1, 0.15) is 46.0 Å². The summed E-state index contributed by atoms with van der Waals surface area (Å²) < 4.78 is 0. The smallest absolute Gasteiger partial charge is 0.0693 e. The Hall–Kier alpha value is -0.0800. The van der Waals surface area contributed by atoms with Gasteiger partial charge in [-0.2, -0.15) is 0 Å². The molecular formula is C11H21NO. The van der Waals surface area contributed by atoms with Crippen molar-refractivity contribution in [1.82, 2.24) is 5.32 Å². The first-order chi connectivity index (χ1) is 6.07. The first-order valence-corrected chi connectivity index (χ1v) is 5.51. The lowest BCUT2D eigenvalue weighted by Gasteiger charge is -2.44. The van der Waals surface area contributed by atoms with Crippen LogP contribution in [0.4, 0.5) is 0 Å². The second kappa shape index (κ2) is 3.25. The highest BCUT2D eigenvalue weighted by molar-refractivity contribution is 4.95. The Morgan fingerprint density at radius 1 is 1.23 bits per heavy atom. The molecule has 0 aromatic carbocycles. The van der Waals surface area contributed by atoms with Crippen molar-refractivity contribution in [3.63, 3.8) is 0 Å². The normalized spacial score (nSPS) is 39.0. The molecule has 0 spiro atoms. The quantitative estimate of drug-likeness (QED) is 0.682. The minimum absolute atomic E-state index is 0.0799. The van der Waals surface area contributed by atoms with Gasteiger partial charge in [-0.15, -0.1) is 0 Å². The molecule has 2 rings (SSSR count). The third-order valence-electron chi connectivity index (χ3n) is 3.53. The topological polar surface area (TPSA) is 32.3 Å².